The van der Waals surface area contributed by atoms with E-state index in [0.29, 0.717) is 19.5 Å². The van der Waals surface area contributed by atoms with Gasteiger partial charge in [0, 0.05) is 18.3 Å². The van der Waals surface area contributed by atoms with Gasteiger partial charge in [-0.2, -0.15) is 5.10 Å². The number of nitrogens with one attached hydrogen (secondary N) is 1. The first-order chi connectivity index (χ1) is 12.7. The number of alkyl halides is 1. The molecule has 146 valence electrons. The molecule has 3 rings (SSSR count). The van der Waals surface area contributed by atoms with E-state index in [1.165, 1.54) is 0 Å². The zero-order chi connectivity index (χ0) is 19.6. The maximum Gasteiger partial charge on any atom is 0.252 e. The van der Waals surface area contributed by atoms with Gasteiger partial charge in [-0.25, -0.2) is 4.39 Å². The Morgan fingerprint density at radius 3 is 2.93 bits per heavy atom. The number of aromatic nitrogens is 2. The summed E-state index contributed by atoms with van der Waals surface area (Å²) in [5.74, 6) is -0.357. The van der Waals surface area contributed by atoms with Gasteiger partial charge in [0.15, 0.2) is 0 Å². The molecular formula is C19H25FN4O3. The average Bonchev–Trinajstić information content (AvgIpc) is 3.03. The standard InChI is InChI=1S/C19H25FN4O3/c1-19(2,26)11-24-10-13(8-23-24)12-3-4-16(14(7-12)18(21)25)27-17-5-6-22-9-15(17)20/h3-4,7-8,10,15,17,22,26H,5-6,9,11H2,1-2H3,(H2,21,25)/t15-,17?/m0/s1. The van der Waals surface area contributed by atoms with Crippen molar-refractivity contribution in [2.24, 2.45) is 5.73 Å². The van der Waals surface area contributed by atoms with Crippen LogP contribution in [0.5, 0.6) is 5.75 Å². The van der Waals surface area contributed by atoms with Crippen molar-refractivity contribution in [2.45, 2.75) is 44.7 Å². The van der Waals surface area contributed by atoms with E-state index in [0.717, 1.165) is 11.1 Å². The molecule has 1 fully saturated rings. The van der Waals surface area contributed by atoms with Gasteiger partial charge in [0.2, 0.25) is 0 Å². The number of amides is 1. The number of hydrogen-bond donors (Lipinski definition) is 3. The Bertz CT molecular complexity index is 816. The minimum Gasteiger partial charge on any atom is -0.486 e. The molecule has 2 aromatic rings. The van der Waals surface area contributed by atoms with E-state index in [4.69, 9.17) is 10.5 Å². The summed E-state index contributed by atoms with van der Waals surface area (Å²) in [4.78, 5) is 11.9. The highest BCUT2D eigenvalue weighted by molar-refractivity contribution is 5.97. The van der Waals surface area contributed by atoms with Crippen LogP contribution in [0.15, 0.2) is 30.6 Å². The van der Waals surface area contributed by atoms with Crippen LogP contribution < -0.4 is 15.8 Å². The van der Waals surface area contributed by atoms with Crippen LogP contribution in [0.3, 0.4) is 0 Å². The van der Waals surface area contributed by atoms with Crippen LogP contribution in [0.1, 0.15) is 30.6 Å². The molecule has 1 aromatic heterocycles. The highest BCUT2D eigenvalue weighted by Crippen LogP contribution is 2.29. The van der Waals surface area contributed by atoms with Gasteiger partial charge in [-0.15, -0.1) is 0 Å². The molecule has 0 bridgehead atoms. The van der Waals surface area contributed by atoms with Crippen LogP contribution in [-0.4, -0.2) is 51.8 Å². The maximum absolute atomic E-state index is 14.0. The van der Waals surface area contributed by atoms with E-state index in [1.807, 2.05) is 0 Å². The zero-order valence-corrected chi connectivity index (χ0v) is 15.5. The summed E-state index contributed by atoms with van der Waals surface area (Å²) in [7, 11) is 0. The Hall–Kier alpha value is -2.45. The van der Waals surface area contributed by atoms with E-state index in [1.54, 1.807) is 49.1 Å². The van der Waals surface area contributed by atoms with Crippen molar-refractivity contribution in [3.05, 3.63) is 36.2 Å². The molecule has 1 aromatic carbocycles. The number of piperidine rings is 1. The molecule has 4 N–H and O–H groups in total. The van der Waals surface area contributed by atoms with Crippen LogP contribution in [0.4, 0.5) is 4.39 Å². The summed E-state index contributed by atoms with van der Waals surface area (Å²) in [5, 5.41) is 17.1. The lowest BCUT2D eigenvalue weighted by atomic mass is 10.0. The highest BCUT2D eigenvalue weighted by atomic mass is 19.1. The summed E-state index contributed by atoms with van der Waals surface area (Å²) in [6, 6.07) is 5.04. The number of carbonyl (C=O) groups is 1. The van der Waals surface area contributed by atoms with E-state index >= 15 is 0 Å². The fourth-order valence-corrected chi connectivity index (χ4v) is 3.09. The third-order valence-corrected chi connectivity index (χ3v) is 4.39. The van der Waals surface area contributed by atoms with Crippen LogP contribution in [0.2, 0.25) is 0 Å². The molecule has 0 saturated carbocycles. The van der Waals surface area contributed by atoms with Gasteiger partial charge >= 0.3 is 0 Å². The lowest BCUT2D eigenvalue weighted by Gasteiger charge is -2.28. The van der Waals surface area contributed by atoms with Gasteiger partial charge in [-0.05, 0) is 44.5 Å². The number of hydrogen-bond acceptors (Lipinski definition) is 5. The number of benzene rings is 1. The Morgan fingerprint density at radius 1 is 1.48 bits per heavy atom. The number of nitrogens with zero attached hydrogens (tertiary/aromatic N) is 2. The van der Waals surface area contributed by atoms with Crippen molar-refractivity contribution in [3.63, 3.8) is 0 Å². The lowest BCUT2D eigenvalue weighted by Crippen LogP contribution is -2.44. The molecule has 1 saturated heterocycles. The van der Waals surface area contributed by atoms with Crippen molar-refractivity contribution in [1.82, 2.24) is 15.1 Å². The SMILES string of the molecule is CC(C)(O)Cn1cc(-c2ccc(OC3CCNC[C@@H]3F)c(C(N)=O)c2)cn1. The molecule has 2 heterocycles. The second-order valence-electron chi connectivity index (χ2n) is 7.48. The van der Waals surface area contributed by atoms with Crippen molar-refractivity contribution in [1.29, 1.82) is 0 Å². The van der Waals surface area contributed by atoms with Crippen molar-refractivity contribution >= 4 is 5.91 Å². The predicted molar refractivity (Wildman–Crippen MR) is 99.3 cm³/mol. The molecule has 0 aliphatic carbocycles. The normalized spacial score (nSPS) is 20.4. The minimum absolute atomic E-state index is 0.202. The average molecular weight is 376 g/mol. The van der Waals surface area contributed by atoms with E-state index < -0.39 is 23.8 Å². The summed E-state index contributed by atoms with van der Waals surface area (Å²) in [6.45, 7) is 4.63. The molecule has 0 radical (unpaired) electrons. The molecular weight excluding hydrogens is 351 g/mol. The van der Waals surface area contributed by atoms with Gasteiger partial charge in [-0.3, -0.25) is 9.48 Å². The Kier molecular flexibility index (Phi) is 5.48. The molecule has 1 unspecified atom stereocenters. The molecule has 27 heavy (non-hydrogen) atoms. The minimum atomic E-state index is -1.14. The van der Waals surface area contributed by atoms with Gasteiger partial charge in [-0.1, -0.05) is 6.07 Å². The number of rotatable bonds is 6. The summed E-state index contributed by atoms with van der Waals surface area (Å²) in [6.07, 6.45) is 2.20. The van der Waals surface area contributed by atoms with Gasteiger partial charge < -0.3 is 20.9 Å². The maximum atomic E-state index is 14.0. The second kappa shape index (κ2) is 7.66. The smallest absolute Gasteiger partial charge is 0.252 e. The number of carbonyl (C=O) groups excluding carboxylic acids is 1. The molecule has 0 spiro atoms. The monoisotopic (exact) mass is 376 g/mol. The molecule has 1 aliphatic rings. The summed E-state index contributed by atoms with van der Waals surface area (Å²) in [5.41, 5.74) is 6.33. The zero-order valence-electron chi connectivity index (χ0n) is 15.5. The number of halogens is 1. The highest BCUT2D eigenvalue weighted by Gasteiger charge is 2.27. The van der Waals surface area contributed by atoms with Crippen LogP contribution >= 0.6 is 0 Å². The molecule has 8 heteroatoms. The van der Waals surface area contributed by atoms with Crippen LogP contribution in [0, 0.1) is 0 Å². The quantitative estimate of drug-likeness (QED) is 0.709. The van der Waals surface area contributed by atoms with E-state index in [9.17, 15) is 14.3 Å². The van der Waals surface area contributed by atoms with Gasteiger partial charge in [0.1, 0.15) is 18.0 Å². The van der Waals surface area contributed by atoms with Crippen molar-refractivity contribution in [3.8, 4) is 16.9 Å². The van der Waals surface area contributed by atoms with Crippen molar-refractivity contribution in [2.75, 3.05) is 13.1 Å². The van der Waals surface area contributed by atoms with Gasteiger partial charge in [0.25, 0.3) is 5.91 Å². The fraction of sp³-hybridized carbons (Fsp3) is 0.474. The molecule has 7 nitrogen and oxygen atoms in total. The number of nitrogens with two attached hydrogens (primary N) is 1. The Balaban J connectivity index is 1.84. The first-order valence-electron chi connectivity index (χ1n) is 8.93. The van der Waals surface area contributed by atoms with E-state index in [-0.39, 0.29) is 17.9 Å². The fourth-order valence-electron chi connectivity index (χ4n) is 3.09. The van der Waals surface area contributed by atoms with E-state index in [2.05, 4.69) is 10.4 Å². The second-order valence-corrected chi connectivity index (χ2v) is 7.48. The third-order valence-electron chi connectivity index (χ3n) is 4.39. The van der Waals surface area contributed by atoms with Gasteiger partial charge in [0.05, 0.1) is 23.9 Å². The molecule has 2 atom stereocenters. The topological polar surface area (TPSA) is 102 Å². The Morgan fingerprint density at radius 2 is 2.26 bits per heavy atom. The third kappa shape index (κ3) is 4.84. The summed E-state index contributed by atoms with van der Waals surface area (Å²) < 4.78 is 21.4. The first-order valence-corrected chi connectivity index (χ1v) is 8.93. The first kappa shape index (κ1) is 19.3. The predicted octanol–water partition coefficient (Wildman–Crippen LogP) is 1.50. The van der Waals surface area contributed by atoms with Crippen LogP contribution in [-0.2, 0) is 6.54 Å². The number of aliphatic hydroxyl groups is 1. The van der Waals surface area contributed by atoms with Crippen LogP contribution in [0.25, 0.3) is 11.1 Å². The number of primary amides is 1. The largest absolute Gasteiger partial charge is 0.486 e. The molecule has 1 aliphatic heterocycles. The number of ether oxygens (including phenoxy) is 1. The Labute approximate surface area is 157 Å². The van der Waals surface area contributed by atoms with Crippen molar-refractivity contribution < 1.29 is 19.0 Å². The summed E-state index contributed by atoms with van der Waals surface area (Å²) >= 11 is 0. The molecule has 1 amide bonds. The lowest BCUT2D eigenvalue weighted by molar-refractivity contribution is 0.0577.